The Balaban J connectivity index is 2.03. The Hall–Kier alpha value is -1.46. The van der Waals surface area contributed by atoms with Crippen LogP contribution >= 0.6 is 11.8 Å². The lowest BCUT2D eigenvalue weighted by Crippen LogP contribution is -2.13. The summed E-state index contributed by atoms with van der Waals surface area (Å²) < 4.78 is 39.3. The van der Waals surface area contributed by atoms with Gasteiger partial charge in [0.2, 0.25) is 0 Å². The molecule has 5 heteroatoms. The van der Waals surface area contributed by atoms with E-state index < -0.39 is 17.7 Å². The lowest BCUT2D eigenvalue weighted by Gasteiger charge is -2.12. The third kappa shape index (κ3) is 3.52. The quantitative estimate of drug-likeness (QED) is 0.861. The van der Waals surface area contributed by atoms with Gasteiger partial charge in [0.1, 0.15) is 5.82 Å². The van der Waals surface area contributed by atoms with E-state index in [9.17, 15) is 13.2 Å². The van der Waals surface area contributed by atoms with Crippen LogP contribution in [0.15, 0.2) is 47.4 Å². The molecule has 2 aromatic rings. The van der Waals surface area contributed by atoms with Crippen molar-refractivity contribution in [2.24, 2.45) is 5.73 Å². The monoisotopic (exact) mass is 283 g/mol. The number of nitrogens with two attached hydrogens (primary N) is 1. The van der Waals surface area contributed by atoms with E-state index in [4.69, 9.17) is 5.73 Å². The van der Waals surface area contributed by atoms with Gasteiger partial charge in [0.25, 0.3) is 0 Å². The molecular weight excluding hydrogens is 271 g/mol. The second-order valence-electron chi connectivity index (χ2n) is 4.02. The van der Waals surface area contributed by atoms with Gasteiger partial charge >= 0.3 is 0 Å². The summed E-state index contributed by atoms with van der Waals surface area (Å²) in [6.45, 7) is 0. The van der Waals surface area contributed by atoms with Gasteiger partial charge in [0.15, 0.2) is 11.6 Å². The van der Waals surface area contributed by atoms with Crippen LogP contribution in [0.3, 0.4) is 0 Å². The average molecular weight is 283 g/mol. The maximum absolute atomic E-state index is 13.4. The first-order chi connectivity index (χ1) is 9.08. The summed E-state index contributed by atoms with van der Waals surface area (Å²) >= 11 is 1.24. The maximum atomic E-state index is 13.4. The molecule has 2 aromatic carbocycles. The summed E-state index contributed by atoms with van der Waals surface area (Å²) in [7, 11) is 0. The van der Waals surface area contributed by atoms with Crippen LogP contribution < -0.4 is 5.73 Å². The summed E-state index contributed by atoms with van der Waals surface area (Å²) in [4.78, 5) is 0.487. The van der Waals surface area contributed by atoms with Crippen molar-refractivity contribution in [1.82, 2.24) is 0 Å². The first-order valence-corrected chi connectivity index (χ1v) is 6.64. The van der Waals surface area contributed by atoms with Gasteiger partial charge in [-0.15, -0.1) is 11.8 Å². The lowest BCUT2D eigenvalue weighted by molar-refractivity contribution is 0.506. The fourth-order valence-corrected chi connectivity index (χ4v) is 2.51. The minimum Gasteiger partial charge on any atom is -0.323 e. The molecule has 0 aromatic heterocycles. The minimum absolute atomic E-state index is 0.315. The predicted molar refractivity (Wildman–Crippen MR) is 70.4 cm³/mol. The van der Waals surface area contributed by atoms with Gasteiger partial charge in [-0.05, 0) is 29.8 Å². The molecule has 0 spiro atoms. The zero-order chi connectivity index (χ0) is 13.8. The molecule has 1 nitrogen and oxygen atoms in total. The number of hydrogen-bond acceptors (Lipinski definition) is 2. The molecule has 1 unspecified atom stereocenters. The Kier molecular flexibility index (Phi) is 4.50. The molecule has 2 rings (SSSR count). The molecule has 19 heavy (non-hydrogen) atoms. The van der Waals surface area contributed by atoms with E-state index in [1.54, 1.807) is 18.2 Å². The molecule has 2 N–H and O–H groups in total. The zero-order valence-electron chi connectivity index (χ0n) is 9.95. The lowest BCUT2D eigenvalue weighted by atomic mass is 10.1. The summed E-state index contributed by atoms with van der Waals surface area (Å²) in [6.07, 6.45) is 0. The van der Waals surface area contributed by atoms with Crippen molar-refractivity contribution in [3.8, 4) is 0 Å². The van der Waals surface area contributed by atoms with Gasteiger partial charge in [-0.1, -0.05) is 18.2 Å². The number of thioether (sulfide) groups is 1. The number of halogens is 3. The van der Waals surface area contributed by atoms with E-state index in [2.05, 4.69) is 0 Å². The van der Waals surface area contributed by atoms with Crippen molar-refractivity contribution in [3.05, 3.63) is 65.5 Å². The van der Waals surface area contributed by atoms with Crippen LogP contribution in [0.2, 0.25) is 0 Å². The average Bonchev–Trinajstić information content (AvgIpc) is 2.40. The first-order valence-electron chi connectivity index (χ1n) is 5.66. The molecule has 0 bridgehead atoms. The molecule has 0 radical (unpaired) electrons. The number of rotatable bonds is 4. The normalized spacial score (nSPS) is 12.4. The van der Waals surface area contributed by atoms with Crippen LogP contribution in [-0.4, -0.2) is 5.75 Å². The highest BCUT2D eigenvalue weighted by atomic mass is 32.2. The summed E-state index contributed by atoms with van der Waals surface area (Å²) in [5, 5.41) is 0. The van der Waals surface area contributed by atoms with Gasteiger partial charge in [-0.3, -0.25) is 0 Å². The van der Waals surface area contributed by atoms with E-state index in [1.165, 1.54) is 23.9 Å². The molecule has 0 saturated heterocycles. The fraction of sp³-hybridized carbons (Fsp3) is 0.143. The Morgan fingerprint density at radius 1 is 0.947 bits per heavy atom. The fourth-order valence-electron chi connectivity index (χ4n) is 1.58. The zero-order valence-corrected chi connectivity index (χ0v) is 10.8. The molecule has 0 aliphatic heterocycles. The van der Waals surface area contributed by atoms with Crippen molar-refractivity contribution in [3.63, 3.8) is 0 Å². The molecule has 0 fully saturated rings. The van der Waals surface area contributed by atoms with Gasteiger partial charge in [-0.25, -0.2) is 13.2 Å². The predicted octanol–water partition coefficient (Wildman–Crippen LogP) is 3.90. The largest absolute Gasteiger partial charge is 0.323 e. The highest BCUT2D eigenvalue weighted by Gasteiger charge is 2.11. The summed E-state index contributed by atoms with van der Waals surface area (Å²) in [6, 6.07) is 9.41. The second-order valence-corrected chi connectivity index (χ2v) is 5.08. The third-order valence-electron chi connectivity index (χ3n) is 2.63. The Morgan fingerprint density at radius 3 is 2.37 bits per heavy atom. The van der Waals surface area contributed by atoms with Crippen molar-refractivity contribution in [2.75, 3.05) is 5.75 Å². The number of benzene rings is 2. The van der Waals surface area contributed by atoms with E-state index in [0.29, 0.717) is 16.2 Å². The smallest absolute Gasteiger partial charge is 0.159 e. The van der Waals surface area contributed by atoms with E-state index in [0.717, 1.165) is 12.1 Å². The van der Waals surface area contributed by atoms with Gasteiger partial charge in [0, 0.05) is 16.7 Å². The van der Waals surface area contributed by atoms with Crippen molar-refractivity contribution in [1.29, 1.82) is 0 Å². The Bertz CT molecular complexity index is 574. The topological polar surface area (TPSA) is 26.0 Å². The van der Waals surface area contributed by atoms with Gasteiger partial charge < -0.3 is 5.73 Å². The molecule has 0 saturated carbocycles. The molecule has 0 heterocycles. The standard InChI is InChI=1S/C14H12F3NS/c15-10-6-5-9(7-12(10)17)13(18)8-19-14-4-2-1-3-11(14)16/h1-7,13H,8,18H2. The first kappa shape index (κ1) is 14.0. The summed E-state index contributed by atoms with van der Waals surface area (Å²) in [5.41, 5.74) is 6.37. The van der Waals surface area contributed by atoms with Crippen LogP contribution in [0, 0.1) is 17.5 Å². The molecule has 100 valence electrons. The minimum atomic E-state index is -0.927. The molecule has 0 aliphatic carbocycles. The van der Waals surface area contributed by atoms with Gasteiger partial charge in [-0.2, -0.15) is 0 Å². The van der Waals surface area contributed by atoms with Gasteiger partial charge in [0.05, 0.1) is 0 Å². The Morgan fingerprint density at radius 2 is 1.68 bits per heavy atom. The van der Waals surface area contributed by atoms with E-state index in [1.807, 2.05) is 0 Å². The third-order valence-corrected chi connectivity index (χ3v) is 3.79. The SMILES string of the molecule is NC(CSc1ccccc1F)c1ccc(F)c(F)c1. The second kappa shape index (κ2) is 6.12. The van der Waals surface area contributed by atoms with Crippen molar-refractivity contribution >= 4 is 11.8 Å². The van der Waals surface area contributed by atoms with Crippen molar-refractivity contribution < 1.29 is 13.2 Å². The van der Waals surface area contributed by atoms with Crippen LogP contribution in [0.4, 0.5) is 13.2 Å². The highest BCUT2D eigenvalue weighted by Crippen LogP contribution is 2.26. The van der Waals surface area contributed by atoms with Crippen LogP contribution in [-0.2, 0) is 0 Å². The molecule has 0 aliphatic rings. The summed E-state index contributed by atoms with van der Waals surface area (Å²) in [5.74, 6) is -1.77. The molecule has 1 atom stereocenters. The highest BCUT2D eigenvalue weighted by molar-refractivity contribution is 7.99. The van der Waals surface area contributed by atoms with Crippen molar-refractivity contribution in [2.45, 2.75) is 10.9 Å². The van der Waals surface area contributed by atoms with Crippen LogP contribution in [0.5, 0.6) is 0 Å². The Labute approximate surface area is 113 Å². The van der Waals surface area contributed by atoms with Crippen LogP contribution in [0.25, 0.3) is 0 Å². The number of hydrogen-bond donors (Lipinski definition) is 1. The van der Waals surface area contributed by atoms with E-state index in [-0.39, 0.29) is 5.82 Å². The van der Waals surface area contributed by atoms with E-state index >= 15 is 0 Å². The van der Waals surface area contributed by atoms with Crippen LogP contribution in [0.1, 0.15) is 11.6 Å². The molecular formula is C14H12F3NS. The molecule has 0 amide bonds. The maximum Gasteiger partial charge on any atom is 0.159 e.